The molecule has 0 aliphatic carbocycles. The molecule has 1 saturated heterocycles. The number of hydrogen-bond acceptors (Lipinski definition) is 5. The normalized spacial score (nSPS) is 20.1. The molecule has 0 radical (unpaired) electrons. The Bertz CT molecular complexity index is 808. The maximum Gasteiger partial charge on any atom is 0.410 e. The lowest BCUT2D eigenvalue weighted by atomic mass is 9.76. The molecule has 164 valence electrons. The molecule has 8 nitrogen and oxygen atoms in total. The molecular formula is C22H30N2O6. The summed E-state index contributed by atoms with van der Waals surface area (Å²) in [5, 5.41) is 11.2. The van der Waals surface area contributed by atoms with E-state index in [-0.39, 0.29) is 30.9 Å². The smallest absolute Gasteiger partial charge is 0.410 e. The summed E-state index contributed by atoms with van der Waals surface area (Å²) >= 11 is 0. The lowest BCUT2D eigenvalue weighted by Gasteiger charge is -2.46. The molecular weight excluding hydrogens is 388 g/mol. The van der Waals surface area contributed by atoms with Gasteiger partial charge in [-0.25, -0.2) is 4.79 Å². The van der Waals surface area contributed by atoms with Crippen molar-refractivity contribution < 1.29 is 29.0 Å². The van der Waals surface area contributed by atoms with Crippen molar-refractivity contribution >= 4 is 18.0 Å². The second-order valence-electron chi connectivity index (χ2n) is 9.07. The van der Waals surface area contributed by atoms with Gasteiger partial charge in [0.1, 0.15) is 23.5 Å². The Labute approximate surface area is 176 Å². The molecule has 0 aromatic heterocycles. The molecule has 1 atom stereocenters. The first-order valence-corrected chi connectivity index (χ1v) is 10.3. The number of carboxylic acids is 1. The molecule has 1 unspecified atom stereocenters. The molecule has 2 aliphatic heterocycles. The number of nitrogens with one attached hydrogen (secondary N) is 1. The minimum atomic E-state index is -1.07. The number of carboxylic acid groups (broad SMARTS) is 1. The first-order chi connectivity index (χ1) is 14.1. The largest absolute Gasteiger partial charge is 0.487 e. The number of carbonyl (C=O) groups excluding carboxylic acids is 2. The molecule has 30 heavy (non-hydrogen) atoms. The van der Waals surface area contributed by atoms with Crippen molar-refractivity contribution in [2.75, 3.05) is 19.6 Å². The van der Waals surface area contributed by atoms with E-state index in [9.17, 15) is 14.4 Å². The predicted octanol–water partition coefficient (Wildman–Crippen LogP) is 2.91. The lowest BCUT2D eigenvalue weighted by molar-refractivity contribution is -0.138. The van der Waals surface area contributed by atoms with Crippen LogP contribution in [0.15, 0.2) is 24.3 Å². The van der Waals surface area contributed by atoms with Crippen LogP contribution in [0, 0.1) is 0 Å². The Morgan fingerprint density at radius 2 is 1.90 bits per heavy atom. The summed E-state index contributed by atoms with van der Waals surface area (Å²) in [6.45, 7) is 6.19. The average molecular weight is 418 g/mol. The van der Waals surface area contributed by atoms with E-state index >= 15 is 0 Å². The van der Waals surface area contributed by atoms with Gasteiger partial charge < -0.3 is 24.8 Å². The number of rotatable bonds is 4. The fourth-order valence-corrected chi connectivity index (χ4v) is 4.13. The van der Waals surface area contributed by atoms with E-state index in [4.69, 9.17) is 14.6 Å². The summed E-state index contributed by atoms with van der Waals surface area (Å²) in [4.78, 5) is 37.1. The minimum absolute atomic E-state index is 0.0724. The van der Waals surface area contributed by atoms with Gasteiger partial charge in [0.05, 0.1) is 0 Å². The van der Waals surface area contributed by atoms with Gasteiger partial charge in [0, 0.05) is 38.3 Å². The topological polar surface area (TPSA) is 105 Å². The van der Waals surface area contributed by atoms with Crippen LogP contribution in [0.2, 0.25) is 0 Å². The molecule has 1 aromatic rings. The summed E-state index contributed by atoms with van der Waals surface area (Å²) in [5.74, 6) is -0.676. The summed E-state index contributed by atoms with van der Waals surface area (Å²) in [7, 11) is 0. The predicted molar refractivity (Wildman–Crippen MR) is 109 cm³/mol. The Kier molecular flexibility index (Phi) is 6.24. The van der Waals surface area contributed by atoms with E-state index in [1.54, 1.807) is 4.90 Å². The summed E-state index contributed by atoms with van der Waals surface area (Å²) in [6, 6.07) is 7.66. The van der Waals surface area contributed by atoms with Crippen LogP contribution in [0.25, 0.3) is 0 Å². The van der Waals surface area contributed by atoms with E-state index in [1.807, 2.05) is 45.0 Å². The number of piperidine rings is 1. The number of benzene rings is 1. The van der Waals surface area contributed by atoms with Crippen LogP contribution in [0.4, 0.5) is 4.79 Å². The number of fused-ring (bicyclic) bond motifs is 1. The highest BCUT2D eigenvalue weighted by Crippen LogP contribution is 2.46. The third-order valence-electron chi connectivity index (χ3n) is 5.50. The van der Waals surface area contributed by atoms with Gasteiger partial charge >= 0.3 is 12.1 Å². The zero-order valence-electron chi connectivity index (χ0n) is 17.8. The van der Waals surface area contributed by atoms with Gasteiger partial charge in [0.2, 0.25) is 5.91 Å². The van der Waals surface area contributed by atoms with Gasteiger partial charge in [0.15, 0.2) is 0 Å². The molecule has 0 saturated carbocycles. The third-order valence-corrected chi connectivity index (χ3v) is 5.50. The van der Waals surface area contributed by atoms with Crippen molar-refractivity contribution in [2.24, 2.45) is 0 Å². The molecule has 8 heteroatoms. The van der Waals surface area contributed by atoms with E-state index in [1.165, 1.54) is 0 Å². The van der Waals surface area contributed by atoms with Crippen molar-refractivity contribution in [3.63, 3.8) is 0 Å². The molecule has 0 bridgehead atoms. The number of aliphatic carboxylic acids is 1. The van der Waals surface area contributed by atoms with Crippen LogP contribution in [-0.4, -0.2) is 58.8 Å². The molecule has 2 amide bonds. The second-order valence-corrected chi connectivity index (χ2v) is 9.07. The van der Waals surface area contributed by atoms with Crippen LogP contribution in [0.1, 0.15) is 57.9 Å². The Morgan fingerprint density at radius 3 is 2.53 bits per heavy atom. The average Bonchev–Trinajstić information content (AvgIpc) is 2.65. The maximum atomic E-state index is 12.4. The van der Waals surface area contributed by atoms with Crippen LogP contribution in [-0.2, 0) is 14.3 Å². The maximum absolute atomic E-state index is 12.4. The molecule has 1 spiro atoms. The number of likely N-dealkylation sites (tertiary alicyclic amines) is 1. The van der Waals surface area contributed by atoms with Crippen molar-refractivity contribution in [3.8, 4) is 5.75 Å². The molecule has 2 heterocycles. The summed E-state index contributed by atoms with van der Waals surface area (Å²) in [5.41, 5.74) is -0.0333. The highest BCUT2D eigenvalue weighted by molar-refractivity contribution is 5.81. The van der Waals surface area contributed by atoms with Crippen molar-refractivity contribution in [3.05, 3.63) is 29.8 Å². The molecule has 3 rings (SSSR count). The molecule has 1 fully saturated rings. The van der Waals surface area contributed by atoms with Gasteiger partial charge in [-0.15, -0.1) is 0 Å². The fourth-order valence-electron chi connectivity index (χ4n) is 4.13. The monoisotopic (exact) mass is 418 g/mol. The second kappa shape index (κ2) is 8.53. The Morgan fingerprint density at radius 1 is 1.23 bits per heavy atom. The number of hydrogen-bond donors (Lipinski definition) is 2. The zero-order chi connectivity index (χ0) is 21.9. The minimum Gasteiger partial charge on any atom is -0.487 e. The van der Waals surface area contributed by atoms with Gasteiger partial charge in [-0.1, -0.05) is 18.2 Å². The van der Waals surface area contributed by atoms with Crippen LogP contribution >= 0.6 is 0 Å². The van der Waals surface area contributed by atoms with Crippen molar-refractivity contribution in [1.29, 1.82) is 0 Å². The van der Waals surface area contributed by atoms with Crippen LogP contribution in [0.5, 0.6) is 5.75 Å². The van der Waals surface area contributed by atoms with Gasteiger partial charge in [0.25, 0.3) is 0 Å². The lowest BCUT2D eigenvalue weighted by Crippen LogP contribution is -2.52. The highest BCUT2D eigenvalue weighted by atomic mass is 16.6. The molecule has 2 aliphatic rings. The SMILES string of the molecule is CC(C)(C)OC(=O)N1CCC2(CC1)CC(CC(=O)NCC(=O)O)c1ccccc1O2. The fraction of sp³-hybridized carbons (Fsp3) is 0.591. The van der Waals surface area contributed by atoms with Gasteiger partial charge in [-0.2, -0.15) is 0 Å². The van der Waals surface area contributed by atoms with Gasteiger partial charge in [-0.3, -0.25) is 9.59 Å². The quantitative estimate of drug-likeness (QED) is 0.779. The van der Waals surface area contributed by atoms with E-state index < -0.39 is 17.2 Å². The van der Waals surface area contributed by atoms with E-state index in [2.05, 4.69) is 5.32 Å². The highest BCUT2D eigenvalue weighted by Gasteiger charge is 2.44. The number of ether oxygens (including phenoxy) is 2. The summed E-state index contributed by atoms with van der Waals surface area (Å²) in [6.07, 6.45) is 1.82. The number of para-hydroxylation sites is 1. The molecule has 1 aromatic carbocycles. The van der Waals surface area contributed by atoms with Crippen LogP contribution < -0.4 is 10.1 Å². The Balaban J connectivity index is 1.69. The number of carbonyl (C=O) groups is 3. The summed E-state index contributed by atoms with van der Waals surface area (Å²) < 4.78 is 11.9. The standard InChI is InChI=1S/C22H30N2O6/c1-21(2,3)30-20(28)24-10-8-22(9-11-24)13-15(12-18(25)23-14-19(26)27)16-6-4-5-7-17(16)29-22/h4-7,15H,8-14H2,1-3H3,(H,23,25)(H,26,27). The third kappa shape index (κ3) is 5.43. The number of nitrogens with zero attached hydrogens (tertiary/aromatic N) is 1. The van der Waals surface area contributed by atoms with E-state index in [0.717, 1.165) is 11.3 Å². The zero-order valence-corrected chi connectivity index (χ0v) is 17.8. The number of amides is 2. The molecule has 2 N–H and O–H groups in total. The van der Waals surface area contributed by atoms with Gasteiger partial charge in [-0.05, 0) is 38.8 Å². The van der Waals surface area contributed by atoms with Crippen LogP contribution in [0.3, 0.4) is 0 Å². The first-order valence-electron chi connectivity index (χ1n) is 10.3. The van der Waals surface area contributed by atoms with Crippen molar-refractivity contribution in [1.82, 2.24) is 10.2 Å². The van der Waals surface area contributed by atoms with E-state index in [0.29, 0.717) is 32.4 Å². The van der Waals surface area contributed by atoms with Crippen molar-refractivity contribution in [2.45, 2.75) is 63.6 Å². The first kappa shape index (κ1) is 21.9. The Hall–Kier alpha value is -2.77.